The van der Waals surface area contributed by atoms with Gasteiger partial charge >= 0.3 is 5.97 Å². The number of hydrogen-bond donors (Lipinski definition) is 3. The lowest BCUT2D eigenvalue weighted by Crippen LogP contribution is -2.22. The maximum Gasteiger partial charge on any atom is 0.308 e. The molecule has 0 aliphatic rings. The summed E-state index contributed by atoms with van der Waals surface area (Å²) in [4.78, 5) is 11.2. The van der Waals surface area contributed by atoms with E-state index < -0.39 is 18.2 Å². The zero-order valence-electron chi connectivity index (χ0n) is 11.1. The van der Waals surface area contributed by atoms with Gasteiger partial charge in [-0.1, -0.05) is 30.3 Å². The number of benzene rings is 2. The first-order valence-corrected chi connectivity index (χ1v) is 6.24. The molecule has 0 saturated carbocycles. The average Bonchev–Trinajstić information content (AvgIpc) is 2.47. The highest BCUT2D eigenvalue weighted by molar-refractivity contribution is 5.95. The zero-order chi connectivity index (χ0) is 14.7. The highest BCUT2D eigenvalue weighted by atomic mass is 16.5. The molecule has 0 heterocycles. The van der Waals surface area contributed by atoms with Crippen LogP contribution in [0.15, 0.2) is 36.4 Å². The summed E-state index contributed by atoms with van der Waals surface area (Å²) in [6.07, 6.45) is -2.68. The SMILES string of the molecule is COC(=O)CC(O)C(O)c1ccc(N)c2ccccc12. The van der Waals surface area contributed by atoms with E-state index in [0.29, 0.717) is 11.3 Å². The van der Waals surface area contributed by atoms with E-state index in [4.69, 9.17) is 5.73 Å². The molecule has 4 N–H and O–H groups in total. The van der Waals surface area contributed by atoms with Gasteiger partial charge in [-0.05, 0) is 17.0 Å². The Balaban J connectivity index is 2.37. The zero-order valence-corrected chi connectivity index (χ0v) is 11.1. The summed E-state index contributed by atoms with van der Waals surface area (Å²) in [7, 11) is 1.24. The van der Waals surface area contributed by atoms with Crippen LogP contribution in [0.25, 0.3) is 10.8 Å². The lowest BCUT2D eigenvalue weighted by Gasteiger charge is -2.19. The third-order valence-corrected chi connectivity index (χ3v) is 3.28. The van der Waals surface area contributed by atoms with Crippen molar-refractivity contribution in [1.29, 1.82) is 0 Å². The van der Waals surface area contributed by atoms with Crippen molar-refractivity contribution in [2.24, 2.45) is 0 Å². The van der Waals surface area contributed by atoms with Crippen molar-refractivity contribution in [3.63, 3.8) is 0 Å². The summed E-state index contributed by atoms with van der Waals surface area (Å²) in [6, 6.07) is 10.7. The van der Waals surface area contributed by atoms with Crippen molar-refractivity contribution in [3.05, 3.63) is 42.0 Å². The minimum atomic E-state index is -1.23. The predicted molar refractivity (Wildman–Crippen MR) is 76.0 cm³/mol. The molecule has 2 unspecified atom stereocenters. The van der Waals surface area contributed by atoms with Crippen LogP contribution >= 0.6 is 0 Å². The second-order valence-corrected chi connectivity index (χ2v) is 4.58. The first-order valence-electron chi connectivity index (χ1n) is 6.24. The third kappa shape index (κ3) is 2.74. The fraction of sp³-hybridized carbons (Fsp3) is 0.267. The van der Waals surface area contributed by atoms with Gasteiger partial charge < -0.3 is 20.7 Å². The molecule has 0 amide bonds. The molecule has 2 rings (SSSR count). The van der Waals surface area contributed by atoms with E-state index >= 15 is 0 Å². The summed E-state index contributed by atoms with van der Waals surface area (Å²) in [5.41, 5.74) is 7.02. The van der Waals surface area contributed by atoms with Gasteiger partial charge in [0.15, 0.2) is 0 Å². The maximum absolute atomic E-state index is 11.2. The van der Waals surface area contributed by atoms with E-state index in [9.17, 15) is 15.0 Å². The highest BCUT2D eigenvalue weighted by Gasteiger charge is 2.23. The number of rotatable bonds is 4. The molecule has 2 atom stereocenters. The van der Waals surface area contributed by atoms with Gasteiger partial charge in [-0.2, -0.15) is 0 Å². The molecule has 2 aromatic rings. The van der Waals surface area contributed by atoms with Crippen LogP contribution in [0.4, 0.5) is 5.69 Å². The van der Waals surface area contributed by atoms with Crippen LogP contribution in [-0.4, -0.2) is 29.4 Å². The van der Waals surface area contributed by atoms with Gasteiger partial charge in [0.1, 0.15) is 6.10 Å². The maximum atomic E-state index is 11.2. The molecule has 20 heavy (non-hydrogen) atoms. The molecule has 0 fully saturated rings. The Bertz CT molecular complexity index is 626. The number of esters is 1. The molecule has 0 aliphatic heterocycles. The molecule has 0 saturated heterocycles. The van der Waals surface area contributed by atoms with Crippen molar-refractivity contribution in [3.8, 4) is 0 Å². The number of nitrogens with two attached hydrogens (primary N) is 1. The normalized spacial score (nSPS) is 13.9. The molecule has 5 heteroatoms. The molecule has 0 radical (unpaired) electrons. The number of anilines is 1. The van der Waals surface area contributed by atoms with Gasteiger partial charge in [0.25, 0.3) is 0 Å². The van der Waals surface area contributed by atoms with Crippen LogP contribution in [-0.2, 0) is 9.53 Å². The Hall–Kier alpha value is -2.11. The largest absolute Gasteiger partial charge is 0.469 e. The lowest BCUT2D eigenvalue weighted by molar-refractivity contribution is -0.144. The van der Waals surface area contributed by atoms with Crippen LogP contribution < -0.4 is 5.73 Å². The van der Waals surface area contributed by atoms with Crippen molar-refractivity contribution < 1.29 is 19.7 Å². The fourth-order valence-electron chi connectivity index (χ4n) is 2.18. The second-order valence-electron chi connectivity index (χ2n) is 4.58. The summed E-state index contributed by atoms with van der Waals surface area (Å²) in [6.45, 7) is 0. The van der Waals surface area contributed by atoms with Gasteiger partial charge in [-0.3, -0.25) is 4.79 Å². The topological polar surface area (TPSA) is 92.8 Å². The van der Waals surface area contributed by atoms with Crippen molar-refractivity contribution in [1.82, 2.24) is 0 Å². The Morgan fingerprint density at radius 1 is 1.20 bits per heavy atom. The van der Waals surface area contributed by atoms with Crippen LogP contribution in [0.1, 0.15) is 18.1 Å². The van der Waals surface area contributed by atoms with Crippen LogP contribution in [0.3, 0.4) is 0 Å². The molecule has 0 bridgehead atoms. The van der Waals surface area contributed by atoms with E-state index in [1.807, 2.05) is 24.3 Å². The first kappa shape index (κ1) is 14.3. The lowest BCUT2D eigenvalue weighted by atomic mass is 9.95. The smallest absolute Gasteiger partial charge is 0.308 e. The Labute approximate surface area is 116 Å². The van der Waals surface area contributed by atoms with E-state index in [1.165, 1.54) is 7.11 Å². The summed E-state index contributed by atoms with van der Waals surface area (Å²) in [5.74, 6) is -0.573. The molecule has 0 aliphatic carbocycles. The third-order valence-electron chi connectivity index (χ3n) is 3.28. The van der Waals surface area contributed by atoms with Crippen LogP contribution in [0.5, 0.6) is 0 Å². The van der Waals surface area contributed by atoms with E-state index in [0.717, 1.165) is 10.8 Å². The molecule has 0 aromatic heterocycles. The number of hydrogen-bond acceptors (Lipinski definition) is 5. The van der Waals surface area contributed by atoms with E-state index in [-0.39, 0.29) is 6.42 Å². The van der Waals surface area contributed by atoms with Crippen molar-refractivity contribution >= 4 is 22.4 Å². The van der Waals surface area contributed by atoms with Gasteiger partial charge in [-0.25, -0.2) is 0 Å². The predicted octanol–water partition coefficient (Wildman–Crippen LogP) is 1.38. The van der Waals surface area contributed by atoms with E-state index in [2.05, 4.69) is 4.74 Å². The molecule has 106 valence electrons. The quantitative estimate of drug-likeness (QED) is 0.579. The number of carbonyl (C=O) groups excluding carboxylic acids is 1. The number of fused-ring (bicyclic) bond motifs is 1. The Morgan fingerprint density at radius 2 is 1.85 bits per heavy atom. The fourth-order valence-corrected chi connectivity index (χ4v) is 2.18. The second kappa shape index (κ2) is 5.90. The number of aliphatic hydroxyl groups is 2. The molecule has 0 spiro atoms. The molecule has 2 aromatic carbocycles. The van der Waals surface area contributed by atoms with Gasteiger partial charge in [0.2, 0.25) is 0 Å². The van der Waals surface area contributed by atoms with Crippen LogP contribution in [0.2, 0.25) is 0 Å². The van der Waals surface area contributed by atoms with Gasteiger partial charge in [0.05, 0.1) is 19.6 Å². The Morgan fingerprint density at radius 3 is 2.50 bits per heavy atom. The Kier molecular flexibility index (Phi) is 4.22. The monoisotopic (exact) mass is 275 g/mol. The number of methoxy groups -OCH3 is 1. The van der Waals surface area contributed by atoms with E-state index in [1.54, 1.807) is 12.1 Å². The van der Waals surface area contributed by atoms with Crippen molar-refractivity contribution in [2.45, 2.75) is 18.6 Å². The molecular formula is C15H17NO4. The summed E-state index contributed by atoms with van der Waals surface area (Å²) >= 11 is 0. The summed E-state index contributed by atoms with van der Waals surface area (Å²) < 4.78 is 4.48. The van der Waals surface area contributed by atoms with Crippen LogP contribution in [0, 0.1) is 0 Å². The molecule has 5 nitrogen and oxygen atoms in total. The number of nitrogen functional groups attached to an aromatic ring is 1. The van der Waals surface area contributed by atoms with Gasteiger partial charge in [0, 0.05) is 11.1 Å². The standard InChI is InChI=1S/C15H17NO4/c1-20-14(18)8-13(17)15(19)11-6-7-12(16)10-5-3-2-4-9(10)11/h2-7,13,15,17,19H,8,16H2,1H3. The average molecular weight is 275 g/mol. The van der Waals surface area contributed by atoms with Gasteiger partial charge in [-0.15, -0.1) is 0 Å². The minimum Gasteiger partial charge on any atom is -0.469 e. The highest BCUT2D eigenvalue weighted by Crippen LogP contribution is 2.30. The first-order chi connectivity index (χ1) is 9.54. The molecular weight excluding hydrogens is 258 g/mol. The summed E-state index contributed by atoms with van der Waals surface area (Å²) in [5, 5.41) is 21.7. The van der Waals surface area contributed by atoms with Crippen molar-refractivity contribution in [2.75, 3.05) is 12.8 Å². The number of aliphatic hydroxyl groups excluding tert-OH is 2. The number of carbonyl (C=O) groups is 1. The minimum absolute atomic E-state index is 0.267. The number of ether oxygens (including phenoxy) is 1.